The standard InChI is InChI=1S/C17H17FO2/c1-17(12-19,11-13-5-3-4-6-16(13)18)14-7-9-15(20-2)10-8-14/h3-10,12H,11H2,1-2H3. The van der Waals surface area contributed by atoms with E-state index in [2.05, 4.69) is 0 Å². The van der Waals surface area contributed by atoms with Crippen LogP contribution in [0.25, 0.3) is 0 Å². The first kappa shape index (κ1) is 14.3. The fraction of sp³-hybridized carbons (Fsp3) is 0.235. The van der Waals surface area contributed by atoms with Gasteiger partial charge in [0.15, 0.2) is 0 Å². The number of benzene rings is 2. The Morgan fingerprint density at radius 3 is 2.35 bits per heavy atom. The molecule has 2 nitrogen and oxygen atoms in total. The SMILES string of the molecule is COc1ccc(C(C)(C=O)Cc2ccccc2F)cc1. The summed E-state index contributed by atoms with van der Waals surface area (Å²) in [5.41, 5.74) is 0.628. The fourth-order valence-electron chi connectivity index (χ4n) is 2.22. The van der Waals surface area contributed by atoms with Crippen molar-refractivity contribution in [3.63, 3.8) is 0 Å². The third kappa shape index (κ3) is 2.87. The lowest BCUT2D eigenvalue weighted by Gasteiger charge is -2.24. The van der Waals surface area contributed by atoms with Crippen molar-refractivity contribution >= 4 is 6.29 Å². The number of carbonyl (C=O) groups excluding carboxylic acids is 1. The van der Waals surface area contributed by atoms with Crippen LogP contribution < -0.4 is 4.74 Å². The van der Waals surface area contributed by atoms with E-state index in [-0.39, 0.29) is 5.82 Å². The number of methoxy groups -OCH3 is 1. The van der Waals surface area contributed by atoms with Crippen LogP contribution in [0, 0.1) is 5.82 Å². The fourth-order valence-corrected chi connectivity index (χ4v) is 2.22. The summed E-state index contributed by atoms with van der Waals surface area (Å²) >= 11 is 0. The van der Waals surface area contributed by atoms with E-state index in [0.29, 0.717) is 12.0 Å². The van der Waals surface area contributed by atoms with E-state index < -0.39 is 5.41 Å². The van der Waals surface area contributed by atoms with Crippen LogP contribution in [0.1, 0.15) is 18.1 Å². The largest absolute Gasteiger partial charge is 0.497 e. The third-order valence-electron chi connectivity index (χ3n) is 3.53. The Hall–Kier alpha value is -2.16. The minimum Gasteiger partial charge on any atom is -0.497 e. The second kappa shape index (κ2) is 5.87. The second-order valence-corrected chi connectivity index (χ2v) is 5.03. The third-order valence-corrected chi connectivity index (χ3v) is 3.53. The van der Waals surface area contributed by atoms with Gasteiger partial charge in [-0.3, -0.25) is 0 Å². The predicted molar refractivity (Wildman–Crippen MR) is 76.5 cm³/mol. The molecule has 3 heteroatoms. The summed E-state index contributed by atoms with van der Waals surface area (Å²) in [6.07, 6.45) is 1.21. The Morgan fingerprint density at radius 1 is 1.15 bits per heavy atom. The smallest absolute Gasteiger partial charge is 0.130 e. The molecule has 1 unspecified atom stereocenters. The predicted octanol–water partition coefficient (Wildman–Crippen LogP) is 3.53. The maximum absolute atomic E-state index is 13.8. The molecular weight excluding hydrogens is 255 g/mol. The molecule has 0 aliphatic carbocycles. The molecule has 20 heavy (non-hydrogen) atoms. The summed E-state index contributed by atoms with van der Waals surface area (Å²) in [5, 5.41) is 0. The summed E-state index contributed by atoms with van der Waals surface area (Å²) in [4.78, 5) is 11.5. The minimum atomic E-state index is -0.755. The molecule has 0 spiro atoms. The highest BCUT2D eigenvalue weighted by Crippen LogP contribution is 2.28. The zero-order valence-corrected chi connectivity index (χ0v) is 11.6. The number of rotatable bonds is 5. The Kier molecular flexibility index (Phi) is 4.18. The average molecular weight is 272 g/mol. The van der Waals surface area contributed by atoms with E-state index in [1.807, 2.05) is 19.1 Å². The van der Waals surface area contributed by atoms with Gasteiger partial charge in [-0.1, -0.05) is 30.3 Å². The van der Waals surface area contributed by atoms with Gasteiger partial charge in [-0.05, 0) is 42.7 Å². The van der Waals surface area contributed by atoms with E-state index in [1.165, 1.54) is 6.07 Å². The molecule has 0 saturated heterocycles. The van der Waals surface area contributed by atoms with Gasteiger partial charge in [-0.15, -0.1) is 0 Å². The molecule has 0 amide bonds. The minimum absolute atomic E-state index is 0.283. The van der Waals surface area contributed by atoms with E-state index in [9.17, 15) is 9.18 Å². The van der Waals surface area contributed by atoms with Gasteiger partial charge in [0.1, 0.15) is 17.9 Å². The molecule has 0 saturated carbocycles. The van der Waals surface area contributed by atoms with E-state index in [4.69, 9.17) is 4.74 Å². The normalized spacial score (nSPS) is 13.6. The molecule has 2 rings (SSSR count). The highest BCUT2D eigenvalue weighted by atomic mass is 19.1. The summed E-state index contributed by atoms with van der Waals surface area (Å²) < 4.78 is 18.9. The highest BCUT2D eigenvalue weighted by molar-refractivity contribution is 5.69. The second-order valence-electron chi connectivity index (χ2n) is 5.03. The number of hydrogen-bond acceptors (Lipinski definition) is 2. The lowest BCUT2D eigenvalue weighted by molar-refractivity contribution is -0.112. The van der Waals surface area contributed by atoms with Gasteiger partial charge in [0.05, 0.1) is 12.5 Å². The molecular formula is C17H17FO2. The summed E-state index contributed by atoms with van der Waals surface area (Å²) in [6, 6.07) is 13.8. The molecule has 2 aromatic carbocycles. The van der Waals surface area contributed by atoms with Crippen LogP contribution in [0.4, 0.5) is 4.39 Å². The van der Waals surface area contributed by atoms with Gasteiger partial charge in [-0.2, -0.15) is 0 Å². The van der Waals surface area contributed by atoms with Crippen LogP contribution in [0.15, 0.2) is 48.5 Å². The van der Waals surface area contributed by atoms with Crippen molar-refractivity contribution in [2.75, 3.05) is 7.11 Å². The molecule has 0 fully saturated rings. The lowest BCUT2D eigenvalue weighted by atomic mass is 9.78. The van der Waals surface area contributed by atoms with Gasteiger partial charge >= 0.3 is 0 Å². The van der Waals surface area contributed by atoms with Crippen molar-refractivity contribution in [1.29, 1.82) is 0 Å². The summed E-state index contributed by atoms with van der Waals surface area (Å²) in [7, 11) is 1.59. The van der Waals surface area contributed by atoms with Crippen molar-refractivity contribution in [2.45, 2.75) is 18.8 Å². The van der Waals surface area contributed by atoms with Crippen molar-refractivity contribution in [3.8, 4) is 5.75 Å². The monoisotopic (exact) mass is 272 g/mol. The number of hydrogen-bond donors (Lipinski definition) is 0. The van der Waals surface area contributed by atoms with Gasteiger partial charge in [0, 0.05) is 0 Å². The van der Waals surface area contributed by atoms with Gasteiger partial charge in [0.25, 0.3) is 0 Å². The van der Waals surface area contributed by atoms with Crippen LogP contribution >= 0.6 is 0 Å². The molecule has 0 aliphatic heterocycles. The highest BCUT2D eigenvalue weighted by Gasteiger charge is 2.27. The van der Waals surface area contributed by atoms with Crippen LogP contribution in [0.2, 0.25) is 0 Å². The van der Waals surface area contributed by atoms with Gasteiger partial charge < -0.3 is 9.53 Å². The average Bonchev–Trinajstić information content (AvgIpc) is 2.49. The molecule has 0 aliphatic rings. The first-order valence-corrected chi connectivity index (χ1v) is 6.43. The quantitative estimate of drug-likeness (QED) is 0.778. The Balaban J connectivity index is 2.33. The lowest BCUT2D eigenvalue weighted by Crippen LogP contribution is -2.27. The molecule has 0 radical (unpaired) electrons. The van der Waals surface area contributed by atoms with Crippen LogP contribution in [-0.4, -0.2) is 13.4 Å². The topological polar surface area (TPSA) is 26.3 Å². The van der Waals surface area contributed by atoms with Crippen molar-refractivity contribution in [1.82, 2.24) is 0 Å². The number of ether oxygens (including phenoxy) is 1. The zero-order chi connectivity index (χ0) is 14.6. The molecule has 0 N–H and O–H groups in total. The van der Waals surface area contributed by atoms with Crippen molar-refractivity contribution in [2.24, 2.45) is 0 Å². The van der Waals surface area contributed by atoms with Crippen LogP contribution in [0.3, 0.4) is 0 Å². The maximum atomic E-state index is 13.8. The first-order chi connectivity index (χ1) is 9.59. The van der Waals surface area contributed by atoms with E-state index in [1.54, 1.807) is 37.4 Å². The van der Waals surface area contributed by atoms with Crippen molar-refractivity contribution < 1.29 is 13.9 Å². The molecule has 0 bridgehead atoms. The van der Waals surface area contributed by atoms with Gasteiger partial charge in [0.2, 0.25) is 0 Å². The number of halogens is 1. The Bertz CT molecular complexity index is 592. The molecule has 1 atom stereocenters. The molecule has 0 aromatic heterocycles. The molecule has 2 aromatic rings. The summed E-state index contributed by atoms with van der Waals surface area (Å²) in [5.74, 6) is 0.446. The van der Waals surface area contributed by atoms with Crippen LogP contribution in [-0.2, 0) is 16.6 Å². The Morgan fingerprint density at radius 2 is 1.80 bits per heavy atom. The maximum Gasteiger partial charge on any atom is 0.130 e. The molecule has 104 valence electrons. The zero-order valence-electron chi connectivity index (χ0n) is 11.6. The number of aldehydes is 1. The van der Waals surface area contributed by atoms with E-state index >= 15 is 0 Å². The Labute approximate surface area is 118 Å². The van der Waals surface area contributed by atoms with Gasteiger partial charge in [-0.25, -0.2) is 4.39 Å². The van der Waals surface area contributed by atoms with E-state index in [0.717, 1.165) is 17.6 Å². The first-order valence-electron chi connectivity index (χ1n) is 6.43. The number of carbonyl (C=O) groups is 1. The van der Waals surface area contributed by atoms with Crippen LogP contribution in [0.5, 0.6) is 5.75 Å². The van der Waals surface area contributed by atoms with Crippen molar-refractivity contribution in [3.05, 3.63) is 65.5 Å². The molecule has 0 heterocycles. The summed E-state index contributed by atoms with van der Waals surface area (Å²) in [6.45, 7) is 1.81.